The Morgan fingerprint density at radius 1 is 1.44 bits per heavy atom. The summed E-state index contributed by atoms with van der Waals surface area (Å²) in [5.41, 5.74) is 0.270. The van der Waals surface area contributed by atoms with Gasteiger partial charge in [0.05, 0.1) is 15.5 Å². The molecule has 1 aromatic carbocycles. The average Bonchev–Trinajstić information content (AvgIpc) is 3.01. The van der Waals surface area contributed by atoms with Gasteiger partial charge in [-0.2, -0.15) is 5.26 Å². The van der Waals surface area contributed by atoms with Gasteiger partial charge in [0.25, 0.3) is 0 Å². The number of sulfonamides is 1. The Hall–Kier alpha value is -1.09. The standard InChI is InChI=1S/C10H9ClN2O2S/c11-10-5-9(4-1-7(10)6-12)16(14,15)13-8-2-3-8/h1,4-5,8,13H,2-3H2. The first-order valence-electron chi connectivity index (χ1n) is 4.75. The molecule has 0 aromatic heterocycles. The van der Waals surface area contributed by atoms with Crippen LogP contribution in [0, 0.1) is 11.3 Å². The normalized spacial score (nSPS) is 15.8. The molecule has 0 aliphatic heterocycles. The molecule has 0 bridgehead atoms. The van der Waals surface area contributed by atoms with Gasteiger partial charge in [0.2, 0.25) is 10.0 Å². The number of nitrogens with one attached hydrogen (secondary N) is 1. The highest BCUT2D eigenvalue weighted by molar-refractivity contribution is 7.89. The number of benzene rings is 1. The molecule has 1 saturated carbocycles. The molecular formula is C10H9ClN2O2S. The highest BCUT2D eigenvalue weighted by atomic mass is 35.5. The van der Waals surface area contributed by atoms with E-state index in [1.807, 2.05) is 6.07 Å². The van der Waals surface area contributed by atoms with Crippen molar-refractivity contribution in [3.05, 3.63) is 28.8 Å². The number of halogens is 1. The monoisotopic (exact) mass is 256 g/mol. The molecule has 1 fully saturated rings. The number of nitriles is 1. The third kappa shape index (κ3) is 2.35. The van der Waals surface area contributed by atoms with Gasteiger partial charge in [0.15, 0.2) is 0 Å². The van der Waals surface area contributed by atoms with Crippen molar-refractivity contribution in [3.63, 3.8) is 0 Å². The van der Waals surface area contributed by atoms with Crippen LogP contribution in [0.2, 0.25) is 5.02 Å². The van der Waals surface area contributed by atoms with E-state index >= 15 is 0 Å². The fourth-order valence-electron chi connectivity index (χ4n) is 1.24. The van der Waals surface area contributed by atoms with Crippen LogP contribution in [0.3, 0.4) is 0 Å². The van der Waals surface area contributed by atoms with Gasteiger partial charge >= 0.3 is 0 Å². The first-order chi connectivity index (χ1) is 7.53. The van der Waals surface area contributed by atoms with Gasteiger partial charge < -0.3 is 0 Å². The van der Waals surface area contributed by atoms with Crippen molar-refractivity contribution in [3.8, 4) is 6.07 Å². The van der Waals surface area contributed by atoms with Crippen molar-refractivity contribution >= 4 is 21.6 Å². The molecule has 16 heavy (non-hydrogen) atoms. The van der Waals surface area contributed by atoms with E-state index in [-0.39, 0.29) is 21.5 Å². The van der Waals surface area contributed by atoms with E-state index in [2.05, 4.69) is 4.72 Å². The molecule has 2 rings (SSSR count). The number of hydrogen-bond donors (Lipinski definition) is 1. The zero-order chi connectivity index (χ0) is 11.8. The van der Waals surface area contributed by atoms with Crippen LogP contribution >= 0.6 is 11.6 Å². The Labute approximate surface area is 98.9 Å². The molecule has 0 unspecified atom stereocenters. The van der Waals surface area contributed by atoms with Crippen molar-refractivity contribution in [1.82, 2.24) is 4.72 Å². The van der Waals surface area contributed by atoms with Gasteiger partial charge in [-0.3, -0.25) is 0 Å². The lowest BCUT2D eigenvalue weighted by molar-refractivity contribution is 0.581. The molecule has 6 heteroatoms. The summed E-state index contributed by atoms with van der Waals surface area (Å²) in [5, 5.41) is 8.82. The summed E-state index contributed by atoms with van der Waals surface area (Å²) in [5.74, 6) is 0. The second-order valence-electron chi connectivity index (χ2n) is 3.65. The SMILES string of the molecule is N#Cc1ccc(S(=O)(=O)NC2CC2)cc1Cl. The van der Waals surface area contributed by atoms with Gasteiger partial charge in [0.1, 0.15) is 6.07 Å². The molecule has 0 radical (unpaired) electrons. The first kappa shape index (κ1) is 11.4. The van der Waals surface area contributed by atoms with Crippen LogP contribution in [0.15, 0.2) is 23.1 Å². The van der Waals surface area contributed by atoms with Crippen LogP contribution in [-0.4, -0.2) is 14.5 Å². The van der Waals surface area contributed by atoms with Crippen LogP contribution in [0.4, 0.5) is 0 Å². The van der Waals surface area contributed by atoms with E-state index < -0.39 is 10.0 Å². The Bertz CT molecular complexity index is 559. The molecule has 1 aromatic rings. The molecule has 0 spiro atoms. The number of hydrogen-bond acceptors (Lipinski definition) is 3. The van der Waals surface area contributed by atoms with Crippen LogP contribution in [0.25, 0.3) is 0 Å². The van der Waals surface area contributed by atoms with E-state index in [0.717, 1.165) is 12.8 Å². The molecule has 1 N–H and O–H groups in total. The van der Waals surface area contributed by atoms with Crippen molar-refractivity contribution < 1.29 is 8.42 Å². The maximum absolute atomic E-state index is 11.8. The van der Waals surface area contributed by atoms with Crippen molar-refractivity contribution in [2.24, 2.45) is 0 Å². The lowest BCUT2D eigenvalue weighted by Gasteiger charge is -2.05. The van der Waals surface area contributed by atoms with Gasteiger partial charge in [-0.1, -0.05) is 11.6 Å². The van der Waals surface area contributed by atoms with Crippen molar-refractivity contribution in [1.29, 1.82) is 5.26 Å². The minimum Gasteiger partial charge on any atom is -0.208 e. The van der Waals surface area contributed by atoms with E-state index in [1.165, 1.54) is 18.2 Å². The van der Waals surface area contributed by atoms with E-state index in [0.29, 0.717) is 0 Å². The molecule has 0 heterocycles. The molecular weight excluding hydrogens is 248 g/mol. The van der Waals surface area contributed by atoms with Gasteiger partial charge in [-0.05, 0) is 31.0 Å². The fraction of sp³-hybridized carbons (Fsp3) is 0.300. The number of nitrogens with zero attached hydrogens (tertiary/aromatic N) is 1. The molecule has 0 saturated heterocycles. The maximum atomic E-state index is 11.8. The molecule has 1 aliphatic rings. The van der Waals surface area contributed by atoms with E-state index in [9.17, 15) is 8.42 Å². The van der Waals surface area contributed by atoms with Crippen LogP contribution in [0.5, 0.6) is 0 Å². The molecule has 0 amide bonds. The third-order valence-corrected chi connectivity index (χ3v) is 4.10. The summed E-state index contributed by atoms with van der Waals surface area (Å²) >= 11 is 5.77. The largest absolute Gasteiger partial charge is 0.240 e. The Morgan fingerprint density at radius 3 is 2.62 bits per heavy atom. The maximum Gasteiger partial charge on any atom is 0.240 e. The summed E-state index contributed by atoms with van der Waals surface area (Å²) in [6, 6.07) is 6.02. The van der Waals surface area contributed by atoms with E-state index in [1.54, 1.807) is 0 Å². The summed E-state index contributed by atoms with van der Waals surface area (Å²) in [4.78, 5) is 0.100. The summed E-state index contributed by atoms with van der Waals surface area (Å²) < 4.78 is 26.1. The van der Waals surface area contributed by atoms with Crippen LogP contribution in [-0.2, 0) is 10.0 Å². The summed E-state index contributed by atoms with van der Waals surface area (Å²) in [6.45, 7) is 0. The Balaban J connectivity index is 2.33. The zero-order valence-corrected chi connectivity index (χ0v) is 9.85. The second-order valence-corrected chi connectivity index (χ2v) is 5.77. The van der Waals surface area contributed by atoms with Crippen LogP contribution in [0.1, 0.15) is 18.4 Å². The molecule has 1 aliphatic carbocycles. The van der Waals surface area contributed by atoms with Gasteiger partial charge in [0, 0.05) is 6.04 Å². The van der Waals surface area contributed by atoms with Gasteiger partial charge in [-0.15, -0.1) is 0 Å². The van der Waals surface area contributed by atoms with E-state index in [4.69, 9.17) is 16.9 Å². The first-order valence-corrected chi connectivity index (χ1v) is 6.61. The highest BCUT2D eigenvalue weighted by Crippen LogP contribution is 2.24. The number of rotatable bonds is 3. The van der Waals surface area contributed by atoms with Crippen molar-refractivity contribution in [2.45, 2.75) is 23.8 Å². The predicted molar refractivity (Wildman–Crippen MR) is 59.5 cm³/mol. The van der Waals surface area contributed by atoms with Gasteiger partial charge in [-0.25, -0.2) is 13.1 Å². The highest BCUT2D eigenvalue weighted by Gasteiger charge is 2.28. The molecule has 0 atom stereocenters. The second kappa shape index (κ2) is 4.06. The Kier molecular flexibility index (Phi) is 2.89. The summed E-state index contributed by atoms with van der Waals surface area (Å²) in [7, 11) is -3.49. The molecule has 4 nitrogen and oxygen atoms in total. The predicted octanol–water partition coefficient (Wildman–Crippen LogP) is 1.65. The quantitative estimate of drug-likeness (QED) is 0.894. The third-order valence-electron chi connectivity index (χ3n) is 2.27. The zero-order valence-electron chi connectivity index (χ0n) is 8.27. The Morgan fingerprint density at radius 2 is 2.12 bits per heavy atom. The minimum absolute atomic E-state index is 0.0550. The lowest BCUT2D eigenvalue weighted by atomic mass is 10.2. The smallest absolute Gasteiger partial charge is 0.208 e. The molecule has 84 valence electrons. The summed E-state index contributed by atoms with van der Waals surface area (Å²) in [6.07, 6.45) is 1.76. The lowest BCUT2D eigenvalue weighted by Crippen LogP contribution is -2.25. The topological polar surface area (TPSA) is 70.0 Å². The minimum atomic E-state index is -3.49. The fourth-order valence-corrected chi connectivity index (χ4v) is 2.86. The average molecular weight is 257 g/mol. The van der Waals surface area contributed by atoms with Crippen molar-refractivity contribution in [2.75, 3.05) is 0 Å². The van der Waals surface area contributed by atoms with Crippen LogP contribution < -0.4 is 4.72 Å².